The summed E-state index contributed by atoms with van der Waals surface area (Å²) in [4.78, 5) is 16.9. The Bertz CT molecular complexity index is 788. The zero-order valence-electron chi connectivity index (χ0n) is 13.8. The maximum atomic E-state index is 11.3. The molecular formula is C18H21ClN2O3. The standard InChI is InChI=1S/C18H21ClN2O3/c1-21-8-10(9-24-18(22)23-2)6-12-11-4-3-5-14-16(11)13(7-15(12)21)17(19)20-14/h3-5,10,12,15,20H,6-9H2,1-2H3/t10?,12-,15-/m0/s1. The first-order chi connectivity index (χ1) is 11.6. The molecule has 2 heterocycles. The van der Waals surface area contributed by atoms with Gasteiger partial charge in [-0.15, -0.1) is 0 Å². The van der Waals surface area contributed by atoms with Crippen LogP contribution in [0.3, 0.4) is 0 Å². The Labute approximate surface area is 145 Å². The maximum Gasteiger partial charge on any atom is 0.507 e. The molecule has 4 rings (SSSR count). The van der Waals surface area contributed by atoms with E-state index >= 15 is 0 Å². The van der Waals surface area contributed by atoms with Gasteiger partial charge in [-0.1, -0.05) is 23.7 Å². The van der Waals surface area contributed by atoms with Gasteiger partial charge >= 0.3 is 6.16 Å². The molecule has 0 bridgehead atoms. The molecular weight excluding hydrogens is 328 g/mol. The van der Waals surface area contributed by atoms with Crippen LogP contribution >= 0.6 is 11.6 Å². The van der Waals surface area contributed by atoms with Crippen LogP contribution < -0.4 is 0 Å². The summed E-state index contributed by atoms with van der Waals surface area (Å²) >= 11 is 6.44. The topological polar surface area (TPSA) is 54.6 Å². The quantitative estimate of drug-likeness (QED) is 0.843. The van der Waals surface area contributed by atoms with E-state index in [0.717, 1.165) is 30.1 Å². The van der Waals surface area contributed by atoms with Gasteiger partial charge in [0.1, 0.15) is 5.15 Å². The lowest BCUT2D eigenvalue weighted by Crippen LogP contribution is -2.48. The number of hydrogen-bond donors (Lipinski definition) is 1. The second-order valence-electron chi connectivity index (χ2n) is 6.87. The zero-order chi connectivity index (χ0) is 16.8. The first-order valence-electron chi connectivity index (χ1n) is 8.28. The number of carbonyl (C=O) groups excluding carboxylic acids is 1. The van der Waals surface area contributed by atoms with E-state index in [1.807, 2.05) is 0 Å². The summed E-state index contributed by atoms with van der Waals surface area (Å²) in [5.74, 6) is 0.736. The van der Waals surface area contributed by atoms with Crippen LogP contribution in [0.5, 0.6) is 0 Å². The molecule has 1 aliphatic heterocycles. The fourth-order valence-electron chi connectivity index (χ4n) is 4.46. The van der Waals surface area contributed by atoms with Gasteiger partial charge in [0.05, 0.1) is 13.7 Å². The lowest BCUT2D eigenvalue weighted by Gasteiger charge is -2.45. The van der Waals surface area contributed by atoms with E-state index in [1.165, 1.54) is 23.6 Å². The van der Waals surface area contributed by atoms with Gasteiger partial charge in [-0.25, -0.2) is 4.79 Å². The average Bonchev–Trinajstić information content (AvgIpc) is 2.90. The third-order valence-corrected chi connectivity index (χ3v) is 5.81. The second kappa shape index (κ2) is 5.97. The molecule has 1 aliphatic carbocycles. The van der Waals surface area contributed by atoms with Crippen molar-refractivity contribution in [1.82, 2.24) is 9.88 Å². The highest BCUT2D eigenvalue weighted by Gasteiger charge is 2.40. The highest BCUT2D eigenvalue weighted by atomic mass is 35.5. The number of benzene rings is 1. The number of piperidine rings is 1. The van der Waals surface area contributed by atoms with Crippen LogP contribution in [0, 0.1) is 5.92 Å². The van der Waals surface area contributed by atoms with Gasteiger partial charge in [-0.05, 0) is 37.1 Å². The number of hydrogen-bond acceptors (Lipinski definition) is 4. The van der Waals surface area contributed by atoms with Gasteiger partial charge in [0.15, 0.2) is 0 Å². The van der Waals surface area contributed by atoms with Crippen molar-refractivity contribution >= 4 is 28.7 Å². The number of fused-ring (bicyclic) bond motifs is 2. The minimum atomic E-state index is -0.606. The van der Waals surface area contributed by atoms with E-state index in [1.54, 1.807) is 0 Å². The van der Waals surface area contributed by atoms with Crippen molar-refractivity contribution in [2.75, 3.05) is 27.3 Å². The van der Waals surface area contributed by atoms with E-state index in [0.29, 0.717) is 24.5 Å². The Morgan fingerprint density at radius 2 is 2.29 bits per heavy atom. The van der Waals surface area contributed by atoms with Gasteiger partial charge < -0.3 is 19.4 Å². The molecule has 1 aromatic carbocycles. The fraction of sp³-hybridized carbons (Fsp3) is 0.500. The van der Waals surface area contributed by atoms with Crippen molar-refractivity contribution in [1.29, 1.82) is 0 Å². The molecule has 2 aromatic rings. The Morgan fingerprint density at radius 3 is 3.08 bits per heavy atom. The summed E-state index contributed by atoms with van der Waals surface area (Å²) in [5.41, 5.74) is 3.71. The Balaban J connectivity index is 1.65. The van der Waals surface area contributed by atoms with Crippen molar-refractivity contribution in [3.8, 4) is 0 Å². The monoisotopic (exact) mass is 348 g/mol. The molecule has 0 amide bonds. The predicted molar refractivity (Wildman–Crippen MR) is 92.6 cm³/mol. The van der Waals surface area contributed by atoms with Crippen LogP contribution in [0.15, 0.2) is 18.2 Å². The zero-order valence-corrected chi connectivity index (χ0v) is 14.6. The van der Waals surface area contributed by atoms with Crippen molar-refractivity contribution in [3.63, 3.8) is 0 Å². The van der Waals surface area contributed by atoms with Crippen molar-refractivity contribution in [2.24, 2.45) is 5.92 Å². The van der Waals surface area contributed by atoms with Gasteiger partial charge in [0.25, 0.3) is 0 Å². The summed E-state index contributed by atoms with van der Waals surface area (Å²) in [6.07, 6.45) is 1.36. The number of aromatic amines is 1. The summed E-state index contributed by atoms with van der Waals surface area (Å²) in [6.45, 7) is 1.31. The molecule has 0 radical (unpaired) electrons. The van der Waals surface area contributed by atoms with Gasteiger partial charge in [0, 0.05) is 35.3 Å². The minimum Gasteiger partial charge on any atom is -0.438 e. The van der Waals surface area contributed by atoms with E-state index in [2.05, 4.69) is 39.9 Å². The molecule has 3 atom stereocenters. The van der Waals surface area contributed by atoms with Crippen LogP contribution in [0.4, 0.5) is 4.79 Å². The van der Waals surface area contributed by atoms with Crippen molar-refractivity contribution < 1.29 is 14.3 Å². The smallest absolute Gasteiger partial charge is 0.438 e. The lowest BCUT2D eigenvalue weighted by molar-refractivity contribution is 0.0315. The summed E-state index contributed by atoms with van der Waals surface area (Å²) in [7, 11) is 3.48. The second-order valence-corrected chi connectivity index (χ2v) is 7.25. The largest absolute Gasteiger partial charge is 0.507 e. The predicted octanol–water partition coefficient (Wildman–Crippen LogP) is 3.56. The number of ether oxygens (including phenoxy) is 2. The number of rotatable bonds is 2. The van der Waals surface area contributed by atoms with Gasteiger partial charge in [-0.2, -0.15) is 0 Å². The summed E-state index contributed by atoms with van der Waals surface area (Å²) < 4.78 is 9.77. The van der Waals surface area contributed by atoms with E-state index in [-0.39, 0.29) is 0 Å². The van der Waals surface area contributed by atoms with Crippen LogP contribution in [-0.4, -0.2) is 49.4 Å². The molecule has 1 saturated heterocycles. The van der Waals surface area contributed by atoms with Crippen molar-refractivity contribution in [3.05, 3.63) is 34.5 Å². The number of halogens is 1. The van der Waals surface area contributed by atoms with E-state index in [4.69, 9.17) is 16.3 Å². The molecule has 1 unspecified atom stereocenters. The van der Waals surface area contributed by atoms with Crippen LogP contribution in [0.1, 0.15) is 23.5 Å². The molecule has 1 N–H and O–H groups in total. The maximum absolute atomic E-state index is 11.3. The van der Waals surface area contributed by atoms with Crippen LogP contribution in [0.25, 0.3) is 10.9 Å². The Hall–Kier alpha value is -1.72. The molecule has 2 aliphatic rings. The van der Waals surface area contributed by atoms with E-state index < -0.39 is 6.16 Å². The first kappa shape index (κ1) is 15.8. The van der Waals surface area contributed by atoms with E-state index in [9.17, 15) is 4.79 Å². The number of nitrogens with zero attached hydrogens (tertiary/aromatic N) is 1. The number of likely N-dealkylation sites (tertiary alicyclic amines) is 1. The van der Waals surface area contributed by atoms with Crippen molar-refractivity contribution in [2.45, 2.75) is 24.8 Å². The number of nitrogens with one attached hydrogen (secondary N) is 1. The minimum absolute atomic E-state index is 0.307. The molecule has 5 nitrogen and oxygen atoms in total. The number of likely N-dealkylation sites (N-methyl/N-ethyl adjacent to an activating group) is 1. The molecule has 0 spiro atoms. The van der Waals surface area contributed by atoms with Crippen LogP contribution in [0.2, 0.25) is 5.15 Å². The summed E-state index contributed by atoms with van der Waals surface area (Å²) in [6, 6.07) is 6.82. The third kappa shape index (κ3) is 2.47. The highest BCUT2D eigenvalue weighted by molar-refractivity contribution is 6.32. The van der Waals surface area contributed by atoms with Gasteiger partial charge in [0.2, 0.25) is 0 Å². The molecule has 0 saturated carbocycles. The Morgan fingerprint density at radius 1 is 1.46 bits per heavy atom. The first-order valence-corrected chi connectivity index (χ1v) is 8.66. The number of methoxy groups -OCH3 is 1. The SMILES string of the molecule is COC(=O)OCC1C[C@H]2c3cccc4[nH]c(Cl)c(c34)C[C@@H]2N(C)C1. The third-order valence-electron chi connectivity index (χ3n) is 5.49. The lowest BCUT2D eigenvalue weighted by atomic mass is 9.72. The number of aromatic nitrogens is 1. The fourth-order valence-corrected chi connectivity index (χ4v) is 4.74. The highest BCUT2D eigenvalue weighted by Crippen LogP contribution is 2.46. The average molecular weight is 349 g/mol. The normalized spacial score (nSPS) is 26.2. The molecule has 128 valence electrons. The number of carbonyl (C=O) groups is 1. The number of H-pyrrole nitrogens is 1. The Kier molecular flexibility index (Phi) is 3.93. The molecule has 24 heavy (non-hydrogen) atoms. The molecule has 6 heteroatoms. The summed E-state index contributed by atoms with van der Waals surface area (Å²) in [5, 5.41) is 2.05. The van der Waals surface area contributed by atoms with Crippen LogP contribution in [-0.2, 0) is 15.9 Å². The molecule has 1 aromatic heterocycles. The molecule has 1 fully saturated rings. The van der Waals surface area contributed by atoms with Gasteiger partial charge in [-0.3, -0.25) is 0 Å².